The summed E-state index contributed by atoms with van der Waals surface area (Å²) < 4.78 is 0. The Kier molecular flexibility index (Phi) is 2.96. The van der Waals surface area contributed by atoms with Gasteiger partial charge in [-0.25, -0.2) is 4.79 Å². The lowest BCUT2D eigenvalue weighted by Crippen LogP contribution is -2.39. The lowest BCUT2D eigenvalue weighted by molar-refractivity contribution is 0.204. The SMILES string of the molecule is C=CCNC(=O)N1CCC(C)(C)C1. The molecule has 0 spiro atoms. The van der Waals surface area contributed by atoms with E-state index in [1.54, 1.807) is 6.08 Å². The second kappa shape index (κ2) is 3.81. The van der Waals surface area contributed by atoms with Gasteiger partial charge in [-0.3, -0.25) is 0 Å². The Labute approximate surface area is 79.8 Å². The van der Waals surface area contributed by atoms with Crippen LogP contribution in [0, 0.1) is 5.41 Å². The normalized spacial score (nSPS) is 20.0. The van der Waals surface area contributed by atoms with Crippen molar-refractivity contribution in [3.8, 4) is 0 Å². The molecule has 1 aliphatic heterocycles. The van der Waals surface area contributed by atoms with Crippen LogP contribution in [0.25, 0.3) is 0 Å². The number of nitrogens with one attached hydrogen (secondary N) is 1. The second-order valence-corrected chi connectivity index (χ2v) is 4.31. The Hall–Kier alpha value is -0.990. The van der Waals surface area contributed by atoms with Gasteiger partial charge in [0, 0.05) is 19.6 Å². The third kappa shape index (κ3) is 2.76. The van der Waals surface area contributed by atoms with Gasteiger partial charge in [-0.05, 0) is 11.8 Å². The van der Waals surface area contributed by atoms with Crippen molar-refractivity contribution in [3.63, 3.8) is 0 Å². The fourth-order valence-electron chi connectivity index (χ4n) is 1.56. The molecular formula is C10H18N2O. The summed E-state index contributed by atoms with van der Waals surface area (Å²) in [5.41, 5.74) is 0.283. The van der Waals surface area contributed by atoms with Gasteiger partial charge >= 0.3 is 6.03 Å². The largest absolute Gasteiger partial charge is 0.335 e. The van der Waals surface area contributed by atoms with Gasteiger partial charge in [0.2, 0.25) is 0 Å². The zero-order chi connectivity index (χ0) is 9.90. The standard InChI is InChI=1S/C10H18N2O/c1-4-6-11-9(13)12-7-5-10(2,3)8-12/h4H,1,5-8H2,2-3H3,(H,11,13). The minimum Gasteiger partial charge on any atom is -0.335 e. The molecule has 0 aliphatic carbocycles. The number of nitrogens with zero attached hydrogens (tertiary/aromatic N) is 1. The highest BCUT2D eigenvalue weighted by molar-refractivity contribution is 5.74. The third-order valence-corrected chi connectivity index (χ3v) is 2.36. The summed E-state index contributed by atoms with van der Waals surface area (Å²) in [4.78, 5) is 13.3. The quantitative estimate of drug-likeness (QED) is 0.646. The summed E-state index contributed by atoms with van der Waals surface area (Å²) in [6, 6.07) is 0.0328. The van der Waals surface area contributed by atoms with Gasteiger partial charge in [-0.1, -0.05) is 19.9 Å². The molecule has 0 aromatic heterocycles. The van der Waals surface area contributed by atoms with Crippen LogP contribution in [0.5, 0.6) is 0 Å². The van der Waals surface area contributed by atoms with Crippen molar-refractivity contribution in [1.29, 1.82) is 0 Å². The number of hydrogen-bond donors (Lipinski definition) is 1. The monoisotopic (exact) mass is 182 g/mol. The zero-order valence-corrected chi connectivity index (χ0v) is 8.47. The van der Waals surface area contributed by atoms with Gasteiger partial charge in [0.05, 0.1) is 0 Å². The Bertz CT molecular complexity index is 211. The Morgan fingerprint density at radius 3 is 2.85 bits per heavy atom. The van der Waals surface area contributed by atoms with Crippen LogP contribution in [0.2, 0.25) is 0 Å². The van der Waals surface area contributed by atoms with E-state index in [1.165, 1.54) is 0 Å². The molecule has 2 amide bonds. The van der Waals surface area contributed by atoms with E-state index in [2.05, 4.69) is 25.7 Å². The van der Waals surface area contributed by atoms with Crippen LogP contribution in [-0.4, -0.2) is 30.6 Å². The molecule has 1 rings (SSSR count). The maximum Gasteiger partial charge on any atom is 0.317 e. The molecular weight excluding hydrogens is 164 g/mol. The zero-order valence-electron chi connectivity index (χ0n) is 8.47. The average molecular weight is 182 g/mol. The Morgan fingerprint density at radius 1 is 1.69 bits per heavy atom. The molecule has 0 saturated carbocycles. The summed E-state index contributed by atoms with van der Waals surface area (Å²) in [6.45, 7) is 10.2. The van der Waals surface area contributed by atoms with E-state index in [9.17, 15) is 4.79 Å². The van der Waals surface area contributed by atoms with Crippen LogP contribution in [-0.2, 0) is 0 Å². The minimum atomic E-state index is 0.0328. The smallest absolute Gasteiger partial charge is 0.317 e. The molecule has 0 aromatic rings. The predicted molar refractivity (Wildman–Crippen MR) is 53.6 cm³/mol. The number of hydrogen-bond acceptors (Lipinski definition) is 1. The van der Waals surface area contributed by atoms with E-state index in [1.807, 2.05) is 4.90 Å². The lowest BCUT2D eigenvalue weighted by atomic mass is 9.93. The molecule has 74 valence electrons. The molecule has 1 N–H and O–H groups in total. The number of amides is 2. The van der Waals surface area contributed by atoms with Crippen molar-refractivity contribution in [2.75, 3.05) is 19.6 Å². The number of likely N-dealkylation sites (tertiary alicyclic amines) is 1. The van der Waals surface area contributed by atoms with Gasteiger partial charge in [-0.15, -0.1) is 6.58 Å². The molecule has 1 fully saturated rings. The number of carbonyl (C=O) groups is 1. The summed E-state index contributed by atoms with van der Waals surface area (Å²) in [7, 11) is 0. The van der Waals surface area contributed by atoms with E-state index in [-0.39, 0.29) is 11.4 Å². The van der Waals surface area contributed by atoms with Crippen molar-refractivity contribution in [1.82, 2.24) is 10.2 Å². The second-order valence-electron chi connectivity index (χ2n) is 4.31. The molecule has 1 heterocycles. The van der Waals surface area contributed by atoms with Crippen LogP contribution in [0.4, 0.5) is 4.79 Å². The summed E-state index contributed by atoms with van der Waals surface area (Å²) in [6.07, 6.45) is 2.79. The highest BCUT2D eigenvalue weighted by atomic mass is 16.2. The molecule has 0 aromatic carbocycles. The maximum atomic E-state index is 11.5. The van der Waals surface area contributed by atoms with E-state index in [4.69, 9.17) is 0 Å². The molecule has 3 heteroatoms. The van der Waals surface area contributed by atoms with Gasteiger partial charge in [-0.2, -0.15) is 0 Å². The topological polar surface area (TPSA) is 32.3 Å². The highest BCUT2D eigenvalue weighted by Crippen LogP contribution is 2.28. The Balaban J connectivity index is 2.37. The third-order valence-electron chi connectivity index (χ3n) is 2.36. The van der Waals surface area contributed by atoms with E-state index in [0.717, 1.165) is 19.5 Å². The van der Waals surface area contributed by atoms with E-state index < -0.39 is 0 Å². The number of carbonyl (C=O) groups excluding carboxylic acids is 1. The van der Waals surface area contributed by atoms with Crippen molar-refractivity contribution in [2.24, 2.45) is 5.41 Å². The van der Waals surface area contributed by atoms with Crippen molar-refractivity contribution in [3.05, 3.63) is 12.7 Å². The first kappa shape index (κ1) is 10.1. The number of urea groups is 1. The summed E-state index contributed by atoms with van der Waals surface area (Å²) >= 11 is 0. The van der Waals surface area contributed by atoms with E-state index >= 15 is 0 Å². The molecule has 3 nitrogen and oxygen atoms in total. The van der Waals surface area contributed by atoms with Crippen molar-refractivity contribution in [2.45, 2.75) is 20.3 Å². The van der Waals surface area contributed by atoms with Crippen LogP contribution < -0.4 is 5.32 Å². The van der Waals surface area contributed by atoms with Gasteiger partial charge in [0.25, 0.3) is 0 Å². The molecule has 0 unspecified atom stereocenters. The molecule has 13 heavy (non-hydrogen) atoms. The maximum absolute atomic E-state index is 11.5. The fraction of sp³-hybridized carbons (Fsp3) is 0.700. The van der Waals surface area contributed by atoms with Gasteiger partial charge < -0.3 is 10.2 Å². The molecule has 0 atom stereocenters. The van der Waals surface area contributed by atoms with Gasteiger partial charge in [0.1, 0.15) is 0 Å². The van der Waals surface area contributed by atoms with Crippen LogP contribution in [0.1, 0.15) is 20.3 Å². The van der Waals surface area contributed by atoms with Crippen molar-refractivity contribution >= 4 is 6.03 Å². The highest BCUT2D eigenvalue weighted by Gasteiger charge is 2.31. The Morgan fingerprint density at radius 2 is 2.38 bits per heavy atom. The summed E-state index contributed by atoms with van der Waals surface area (Å²) in [5, 5.41) is 2.78. The van der Waals surface area contributed by atoms with Gasteiger partial charge in [0.15, 0.2) is 0 Å². The molecule has 0 bridgehead atoms. The molecule has 0 radical (unpaired) electrons. The lowest BCUT2D eigenvalue weighted by Gasteiger charge is -2.19. The van der Waals surface area contributed by atoms with Crippen LogP contribution >= 0.6 is 0 Å². The van der Waals surface area contributed by atoms with Crippen LogP contribution in [0.3, 0.4) is 0 Å². The fourth-order valence-corrected chi connectivity index (χ4v) is 1.56. The first-order valence-corrected chi connectivity index (χ1v) is 4.69. The average Bonchev–Trinajstić information content (AvgIpc) is 2.42. The summed E-state index contributed by atoms with van der Waals surface area (Å²) in [5.74, 6) is 0. The number of rotatable bonds is 2. The minimum absolute atomic E-state index is 0.0328. The van der Waals surface area contributed by atoms with Crippen molar-refractivity contribution < 1.29 is 4.79 Å². The first-order valence-electron chi connectivity index (χ1n) is 4.69. The first-order chi connectivity index (χ1) is 6.05. The van der Waals surface area contributed by atoms with Crippen LogP contribution in [0.15, 0.2) is 12.7 Å². The molecule has 1 saturated heterocycles. The predicted octanol–water partition coefficient (Wildman–Crippen LogP) is 1.61. The molecule has 1 aliphatic rings. The van der Waals surface area contributed by atoms with E-state index in [0.29, 0.717) is 6.54 Å².